The normalized spacial score (nSPS) is 11.2. The molecule has 0 unspecified atom stereocenters. The summed E-state index contributed by atoms with van der Waals surface area (Å²) in [6, 6.07) is 5.72. The van der Waals surface area contributed by atoms with Crippen LogP contribution < -0.4 is 10.6 Å². The summed E-state index contributed by atoms with van der Waals surface area (Å²) in [7, 11) is 0. The lowest BCUT2D eigenvalue weighted by atomic mass is 10.3. The summed E-state index contributed by atoms with van der Waals surface area (Å²) in [4.78, 5) is 18.6. The summed E-state index contributed by atoms with van der Waals surface area (Å²) in [5, 5.41) is 1.85. The maximum Gasteiger partial charge on any atom is 0.304 e. The number of aromatic nitrogens is 3. The molecule has 0 saturated carbocycles. The molecule has 0 aliphatic rings. The zero-order chi connectivity index (χ0) is 13.4. The van der Waals surface area contributed by atoms with Gasteiger partial charge < -0.3 is 15.3 Å². The van der Waals surface area contributed by atoms with E-state index in [1.54, 1.807) is 0 Å². The maximum atomic E-state index is 11.2. The van der Waals surface area contributed by atoms with E-state index in [1.807, 2.05) is 23.6 Å². The van der Waals surface area contributed by atoms with Gasteiger partial charge >= 0.3 is 4.87 Å². The number of fused-ring (bicyclic) bond motifs is 1. The summed E-state index contributed by atoms with van der Waals surface area (Å²) >= 11 is 1.18. The Hall–Kier alpha value is -2.08. The number of nitrogen functional groups attached to an aromatic ring is 1. The number of aromatic amines is 1. The average molecular weight is 274 g/mol. The van der Waals surface area contributed by atoms with E-state index < -0.39 is 0 Å². The minimum Gasteiger partial charge on any atom is -0.399 e. The number of nitrogens with two attached hydrogens (primary N) is 1. The molecular formula is C13H14N4OS. The van der Waals surface area contributed by atoms with Gasteiger partial charge in [0.1, 0.15) is 5.82 Å². The van der Waals surface area contributed by atoms with E-state index >= 15 is 0 Å². The summed E-state index contributed by atoms with van der Waals surface area (Å²) in [5.74, 6) is 0.993. The molecule has 2 aromatic heterocycles. The van der Waals surface area contributed by atoms with E-state index in [2.05, 4.69) is 21.5 Å². The van der Waals surface area contributed by atoms with E-state index in [0.29, 0.717) is 12.2 Å². The minimum absolute atomic E-state index is 0.0262. The van der Waals surface area contributed by atoms with Crippen molar-refractivity contribution in [2.24, 2.45) is 0 Å². The lowest BCUT2D eigenvalue weighted by Gasteiger charge is -2.06. The average Bonchev–Trinajstić information content (AvgIpc) is 2.94. The van der Waals surface area contributed by atoms with E-state index in [9.17, 15) is 4.79 Å². The molecule has 0 radical (unpaired) electrons. The second-order valence-electron chi connectivity index (χ2n) is 4.39. The fourth-order valence-electron chi connectivity index (χ4n) is 2.20. The number of anilines is 1. The van der Waals surface area contributed by atoms with Crippen LogP contribution in [0.4, 0.5) is 5.69 Å². The van der Waals surface area contributed by atoms with Gasteiger partial charge in [-0.2, -0.15) is 0 Å². The van der Waals surface area contributed by atoms with Crippen molar-refractivity contribution in [3.05, 3.63) is 44.8 Å². The maximum absolute atomic E-state index is 11.2. The Morgan fingerprint density at radius 1 is 1.47 bits per heavy atom. The van der Waals surface area contributed by atoms with Gasteiger partial charge in [0.2, 0.25) is 0 Å². The molecule has 3 aromatic rings. The summed E-state index contributed by atoms with van der Waals surface area (Å²) in [6.07, 6.45) is 0.836. The molecule has 5 nitrogen and oxygen atoms in total. The topological polar surface area (TPSA) is 76.7 Å². The van der Waals surface area contributed by atoms with Crippen LogP contribution in [-0.4, -0.2) is 14.5 Å². The molecule has 3 N–H and O–H groups in total. The number of nitrogens with zero attached hydrogens (tertiary/aromatic N) is 2. The zero-order valence-corrected chi connectivity index (χ0v) is 11.3. The summed E-state index contributed by atoms with van der Waals surface area (Å²) in [5.41, 5.74) is 9.34. The number of hydrogen-bond donors (Lipinski definition) is 2. The van der Waals surface area contributed by atoms with Gasteiger partial charge in [-0.3, -0.25) is 4.79 Å². The van der Waals surface area contributed by atoms with Gasteiger partial charge in [-0.05, 0) is 18.2 Å². The van der Waals surface area contributed by atoms with Gasteiger partial charge in [0, 0.05) is 23.2 Å². The van der Waals surface area contributed by atoms with Crippen LogP contribution in [0.15, 0.2) is 28.4 Å². The first-order valence-electron chi connectivity index (χ1n) is 6.08. The Kier molecular flexibility index (Phi) is 2.87. The Morgan fingerprint density at radius 3 is 3.00 bits per heavy atom. The summed E-state index contributed by atoms with van der Waals surface area (Å²) < 4.78 is 2.12. The molecule has 0 saturated heterocycles. The molecular weight excluding hydrogens is 260 g/mol. The van der Waals surface area contributed by atoms with Crippen LogP contribution >= 0.6 is 11.3 Å². The van der Waals surface area contributed by atoms with Crippen molar-refractivity contribution in [1.82, 2.24) is 14.5 Å². The molecule has 2 heterocycles. The molecule has 6 heteroatoms. The van der Waals surface area contributed by atoms with Gasteiger partial charge in [0.15, 0.2) is 0 Å². The largest absolute Gasteiger partial charge is 0.399 e. The highest BCUT2D eigenvalue weighted by Crippen LogP contribution is 2.20. The fraction of sp³-hybridized carbons (Fsp3) is 0.231. The van der Waals surface area contributed by atoms with E-state index in [-0.39, 0.29) is 4.87 Å². The van der Waals surface area contributed by atoms with Crippen LogP contribution in [0.3, 0.4) is 0 Å². The number of benzene rings is 1. The van der Waals surface area contributed by atoms with Crippen molar-refractivity contribution >= 4 is 28.1 Å². The molecule has 0 aliphatic heterocycles. The number of imidazole rings is 1. The van der Waals surface area contributed by atoms with Crippen molar-refractivity contribution in [2.75, 3.05) is 5.73 Å². The quantitative estimate of drug-likeness (QED) is 0.717. The van der Waals surface area contributed by atoms with Gasteiger partial charge in [0.05, 0.1) is 17.6 Å². The number of aryl methyl sites for hydroxylation is 1. The minimum atomic E-state index is -0.0262. The highest BCUT2D eigenvalue weighted by atomic mass is 32.1. The molecule has 0 spiro atoms. The van der Waals surface area contributed by atoms with Crippen LogP contribution in [-0.2, 0) is 13.0 Å². The van der Waals surface area contributed by atoms with Gasteiger partial charge in [-0.15, -0.1) is 0 Å². The predicted molar refractivity (Wildman–Crippen MR) is 77.6 cm³/mol. The second-order valence-corrected chi connectivity index (χ2v) is 5.23. The molecule has 3 rings (SSSR count). The Morgan fingerprint density at radius 2 is 2.32 bits per heavy atom. The van der Waals surface area contributed by atoms with Crippen LogP contribution in [0.1, 0.15) is 18.4 Å². The standard InChI is InChI=1S/C13H14N4OS/c1-2-12-16-10-5-8(14)3-4-11(10)17(12)6-9-7-19-13(18)15-9/h3-5,7H,2,6,14H2,1H3,(H,15,18). The lowest BCUT2D eigenvalue weighted by molar-refractivity contribution is 0.739. The Bertz CT molecular complexity index is 783. The monoisotopic (exact) mass is 274 g/mol. The highest BCUT2D eigenvalue weighted by molar-refractivity contribution is 7.07. The molecule has 1 aromatic carbocycles. The number of nitrogens with one attached hydrogen (secondary N) is 1. The van der Waals surface area contributed by atoms with Gasteiger partial charge in [-0.25, -0.2) is 4.98 Å². The number of thiazole rings is 1. The third-order valence-electron chi connectivity index (χ3n) is 3.07. The van der Waals surface area contributed by atoms with Crippen molar-refractivity contribution in [1.29, 1.82) is 0 Å². The van der Waals surface area contributed by atoms with Gasteiger partial charge in [0.25, 0.3) is 0 Å². The lowest BCUT2D eigenvalue weighted by Crippen LogP contribution is -2.06. The number of H-pyrrole nitrogens is 1. The highest BCUT2D eigenvalue weighted by Gasteiger charge is 2.10. The molecule has 0 bridgehead atoms. The van der Waals surface area contributed by atoms with Crippen LogP contribution in [0, 0.1) is 0 Å². The van der Waals surface area contributed by atoms with Crippen molar-refractivity contribution in [3.63, 3.8) is 0 Å². The van der Waals surface area contributed by atoms with Crippen LogP contribution in [0.5, 0.6) is 0 Å². The third-order valence-corrected chi connectivity index (χ3v) is 3.79. The number of rotatable bonds is 3. The first kappa shape index (κ1) is 12.0. The van der Waals surface area contributed by atoms with Crippen molar-refractivity contribution < 1.29 is 0 Å². The zero-order valence-electron chi connectivity index (χ0n) is 10.5. The first-order chi connectivity index (χ1) is 9.17. The van der Waals surface area contributed by atoms with E-state index in [1.165, 1.54) is 11.3 Å². The van der Waals surface area contributed by atoms with E-state index in [0.717, 1.165) is 29.0 Å². The molecule has 0 fully saturated rings. The predicted octanol–water partition coefficient (Wildman–Crippen LogP) is 1.98. The number of hydrogen-bond acceptors (Lipinski definition) is 4. The smallest absolute Gasteiger partial charge is 0.304 e. The SMILES string of the molecule is CCc1nc2cc(N)ccc2n1Cc1csc(=O)[nH]1. The Labute approximate surface area is 113 Å². The van der Waals surface area contributed by atoms with Crippen molar-refractivity contribution in [2.45, 2.75) is 19.9 Å². The van der Waals surface area contributed by atoms with E-state index in [4.69, 9.17) is 5.73 Å². The third kappa shape index (κ3) is 2.15. The van der Waals surface area contributed by atoms with Crippen LogP contribution in [0.2, 0.25) is 0 Å². The van der Waals surface area contributed by atoms with Gasteiger partial charge in [-0.1, -0.05) is 18.3 Å². The first-order valence-corrected chi connectivity index (χ1v) is 6.96. The molecule has 98 valence electrons. The van der Waals surface area contributed by atoms with Crippen LogP contribution in [0.25, 0.3) is 11.0 Å². The molecule has 0 atom stereocenters. The summed E-state index contributed by atoms with van der Waals surface area (Å²) in [6.45, 7) is 2.69. The Balaban J connectivity index is 2.12. The van der Waals surface area contributed by atoms with Crippen molar-refractivity contribution in [3.8, 4) is 0 Å². The molecule has 0 aliphatic carbocycles. The molecule has 19 heavy (non-hydrogen) atoms. The molecule has 0 amide bonds. The second kappa shape index (κ2) is 4.55. The fourth-order valence-corrected chi connectivity index (χ4v) is 2.78.